The van der Waals surface area contributed by atoms with Crippen molar-refractivity contribution >= 4 is 22.6 Å². The Bertz CT molecular complexity index is 945. The summed E-state index contributed by atoms with van der Waals surface area (Å²) in [4.78, 5) is 16.6. The molecule has 0 saturated carbocycles. The van der Waals surface area contributed by atoms with E-state index in [-0.39, 0.29) is 12.4 Å². The van der Waals surface area contributed by atoms with E-state index in [0.29, 0.717) is 12.2 Å². The number of carbonyl (C=O) groups excluding carboxylic acids is 1. The molecule has 0 aromatic heterocycles. The average Bonchev–Trinajstić information content (AvgIpc) is 2.65. The second kappa shape index (κ2) is 8.16. The van der Waals surface area contributed by atoms with Gasteiger partial charge in [-0.15, -0.1) is 0 Å². The molecule has 0 aliphatic heterocycles. The molecule has 3 aromatic rings. The molecule has 0 fully saturated rings. The molecular weight excluding hydrogens is 328 g/mol. The molecule has 5 nitrogen and oxygen atoms in total. The molecular formula is C21H20N2O3. The van der Waals surface area contributed by atoms with E-state index in [1.54, 1.807) is 6.07 Å². The van der Waals surface area contributed by atoms with Gasteiger partial charge in [0.25, 0.3) is 0 Å². The molecule has 5 heteroatoms. The summed E-state index contributed by atoms with van der Waals surface area (Å²) in [6, 6.07) is 21.4. The molecule has 0 bridgehead atoms. The van der Waals surface area contributed by atoms with Crippen LogP contribution in [0.4, 0.5) is 0 Å². The number of amidine groups is 1. The average molecular weight is 348 g/mol. The van der Waals surface area contributed by atoms with E-state index in [4.69, 9.17) is 15.3 Å². The first-order valence-electron chi connectivity index (χ1n) is 8.30. The van der Waals surface area contributed by atoms with Crippen molar-refractivity contribution < 1.29 is 14.4 Å². The lowest BCUT2D eigenvalue weighted by atomic mass is 10.0. The molecule has 0 unspecified atom stereocenters. The first-order valence-corrected chi connectivity index (χ1v) is 8.30. The van der Waals surface area contributed by atoms with Gasteiger partial charge in [-0.2, -0.15) is 0 Å². The van der Waals surface area contributed by atoms with Crippen LogP contribution in [-0.4, -0.2) is 18.4 Å². The number of hydrogen-bond acceptors (Lipinski definition) is 4. The van der Waals surface area contributed by atoms with Gasteiger partial charge in [0.1, 0.15) is 11.6 Å². The van der Waals surface area contributed by atoms with Gasteiger partial charge in [0.05, 0.1) is 0 Å². The summed E-state index contributed by atoms with van der Waals surface area (Å²) < 4.78 is 5.37. The Balaban J connectivity index is 1.57. The van der Waals surface area contributed by atoms with Crippen molar-refractivity contribution in [3.8, 4) is 5.75 Å². The standard InChI is InChI=1S/C21H20N2O3/c1-15-6-4-10-18(12-15)25-14-21(24)26-23-20(22)13-17-9-5-8-16-7-2-3-11-19(16)17/h2-12H,13-14H2,1H3,(H2,22,23). The smallest absolute Gasteiger partial charge is 0.372 e. The lowest BCUT2D eigenvalue weighted by Gasteiger charge is -2.07. The second-order valence-electron chi connectivity index (χ2n) is 5.97. The van der Waals surface area contributed by atoms with Crippen LogP contribution in [0.25, 0.3) is 10.8 Å². The summed E-state index contributed by atoms with van der Waals surface area (Å²) in [6.45, 7) is 1.72. The number of carbonyl (C=O) groups is 1. The van der Waals surface area contributed by atoms with Crippen molar-refractivity contribution in [3.63, 3.8) is 0 Å². The third-order valence-electron chi connectivity index (χ3n) is 3.86. The molecule has 0 atom stereocenters. The Morgan fingerprint density at radius 3 is 2.65 bits per heavy atom. The highest BCUT2D eigenvalue weighted by molar-refractivity contribution is 5.91. The Hall–Kier alpha value is -3.34. The Morgan fingerprint density at radius 2 is 1.81 bits per heavy atom. The van der Waals surface area contributed by atoms with Crippen LogP contribution in [0.5, 0.6) is 5.75 Å². The van der Waals surface area contributed by atoms with Gasteiger partial charge < -0.3 is 15.3 Å². The van der Waals surface area contributed by atoms with Crippen LogP contribution in [-0.2, 0) is 16.1 Å². The number of aryl methyl sites for hydroxylation is 1. The maximum atomic E-state index is 11.8. The SMILES string of the molecule is Cc1cccc(OCC(=O)O/N=C(\N)Cc2cccc3ccccc23)c1. The lowest BCUT2D eigenvalue weighted by molar-refractivity contribution is -0.146. The fourth-order valence-electron chi connectivity index (χ4n) is 2.66. The highest BCUT2D eigenvalue weighted by Crippen LogP contribution is 2.18. The summed E-state index contributed by atoms with van der Waals surface area (Å²) in [7, 11) is 0. The van der Waals surface area contributed by atoms with Crippen molar-refractivity contribution in [1.82, 2.24) is 0 Å². The van der Waals surface area contributed by atoms with E-state index in [1.165, 1.54) is 0 Å². The quantitative estimate of drug-likeness (QED) is 0.320. The maximum Gasteiger partial charge on any atom is 0.372 e. The predicted molar refractivity (Wildman–Crippen MR) is 102 cm³/mol. The fraction of sp³-hybridized carbons (Fsp3) is 0.143. The molecule has 0 aliphatic carbocycles. The first-order chi connectivity index (χ1) is 12.6. The molecule has 26 heavy (non-hydrogen) atoms. The van der Waals surface area contributed by atoms with Crippen LogP contribution < -0.4 is 10.5 Å². The zero-order valence-electron chi connectivity index (χ0n) is 14.5. The van der Waals surface area contributed by atoms with Gasteiger partial charge in [0.2, 0.25) is 0 Å². The van der Waals surface area contributed by atoms with Gasteiger partial charge in [-0.25, -0.2) is 4.79 Å². The number of fused-ring (bicyclic) bond motifs is 1. The largest absolute Gasteiger partial charge is 0.482 e. The number of nitrogens with zero attached hydrogens (tertiary/aromatic N) is 1. The minimum Gasteiger partial charge on any atom is -0.482 e. The molecule has 0 radical (unpaired) electrons. The minimum atomic E-state index is -0.604. The summed E-state index contributed by atoms with van der Waals surface area (Å²) in [5.74, 6) is 0.229. The van der Waals surface area contributed by atoms with Crippen LogP contribution >= 0.6 is 0 Å². The number of benzene rings is 3. The minimum absolute atomic E-state index is 0.227. The predicted octanol–water partition coefficient (Wildman–Crippen LogP) is 3.59. The third-order valence-corrected chi connectivity index (χ3v) is 3.86. The van der Waals surface area contributed by atoms with Gasteiger partial charge >= 0.3 is 5.97 Å². The van der Waals surface area contributed by atoms with Crippen LogP contribution in [0.3, 0.4) is 0 Å². The van der Waals surface area contributed by atoms with Crippen molar-refractivity contribution in [1.29, 1.82) is 0 Å². The highest BCUT2D eigenvalue weighted by Gasteiger charge is 2.07. The molecule has 0 heterocycles. The number of nitrogens with two attached hydrogens (primary N) is 1. The summed E-state index contributed by atoms with van der Waals surface area (Å²) >= 11 is 0. The van der Waals surface area contributed by atoms with Crippen LogP contribution in [0.15, 0.2) is 71.9 Å². The van der Waals surface area contributed by atoms with E-state index in [0.717, 1.165) is 21.9 Å². The number of rotatable bonds is 6. The van der Waals surface area contributed by atoms with Gasteiger partial charge in [0.15, 0.2) is 6.61 Å². The van der Waals surface area contributed by atoms with Crippen molar-refractivity contribution in [2.24, 2.45) is 10.9 Å². The zero-order valence-corrected chi connectivity index (χ0v) is 14.5. The highest BCUT2D eigenvalue weighted by atomic mass is 16.7. The number of hydrogen-bond donors (Lipinski definition) is 1. The number of ether oxygens (including phenoxy) is 1. The normalized spacial score (nSPS) is 11.3. The lowest BCUT2D eigenvalue weighted by Crippen LogP contribution is -2.19. The van der Waals surface area contributed by atoms with Crippen LogP contribution in [0.1, 0.15) is 11.1 Å². The molecule has 3 aromatic carbocycles. The van der Waals surface area contributed by atoms with Gasteiger partial charge in [0, 0.05) is 6.42 Å². The summed E-state index contributed by atoms with van der Waals surface area (Å²) in [5.41, 5.74) is 7.98. The van der Waals surface area contributed by atoms with E-state index in [2.05, 4.69) is 5.16 Å². The molecule has 3 rings (SSSR count). The van der Waals surface area contributed by atoms with Gasteiger partial charge in [-0.1, -0.05) is 59.8 Å². The Labute approximate surface area is 152 Å². The number of oxime groups is 1. The van der Waals surface area contributed by atoms with Crippen molar-refractivity contribution in [3.05, 3.63) is 77.9 Å². The van der Waals surface area contributed by atoms with Crippen molar-refractivity contribution in [2.45, 2.75) is 13.3 Å². The topological polar surface area (TPSA) is 73.9 Å². The summed E-state index contributed by atoms with van der Waals surface area (Å²) in [6.07, 6.45) is 0.396. The van der Waals surface area contributed by atoms with Gasteiger partial charge in [-0.05, 0) is 41.0 Å². The molecule has 0 amide bonds. The van der Waals surface area contributed by atoms with E-state index < -0.39 is 5.97 Å². The van der Waals surface area contributed by atoms with Crippen LogP contribution in [0.2, 0.25) is 0 Å². The van der Waals surface area contributed by atoms with E-state index in [9.17, 15) is 4.79 Å². The van der Waals surface area contributed by atoms with Gasteiger partial charge in [-0.3, -0.25) is 0 Å². The van der Waals surface area contributed by atoms with E-state index in [1.807, 2.05) is 67.6 Å². The molecule has 0 spiro atoms. The fourth-order valence-corrected chi connectivity index (χ4v) is 2.66. The summed E-state index contributed by atoms with van der Waals surface area (Å²) in [5, 5.41) is 5.95. The van der Waals surface area contributed by atoms with E-state index >= 15 is 0 Å². The first kappa shape index (κ1) is 17.5. The Kier molecular flexibility index (Phi) is 5.49. The van der Waals surface area contributed by atoms with Crippen LogP contribution in [0, 0.1) is 6.92 Å². The van der Waals surface area contributed by atoms with Crippen molar-refractivity contribution in [2.75, 3.05) is 6.61 Å². The maximum absolute atomic E-state index is 11.8. The molecule has 132 valence electrons. The third kappa shape index (κ3) is 4.60. The second-order valence-corrected chi connectivity index (χ2v) is 5.97. The monoisotopic (exact) mass is 348 g/mol. The Morgan fingerprint density at radius 1 is 1.04 bits per heavy atom. The zero-order chi connectivity index (χ0) is 18.4. The molecule has 0 saturated heterocycles. The molecule has 0 aliphatic rings. The molecule has 2 N–H and O–H groups in total.